The molecule has 0 fully saturated rings. The molecule has 2 amide bonds. The van der Waals surface area contributed by atoms with Crippen molar-refractivity contribution in [1.29, 1.82) is 0 Å². The van der Waals surface area contributed by atoms with E-state index in [0.717, 1.165) is 0 Å². The highest BCUT2D eigenvalue weighted by Gasteiger charge is 2.11. The van der Waals surface area contributed by atoms with Gasteiger partial charge in [0, 0.05) is 13.1 Å². The van der Waals surface area contributed by atoms with Gasteiger partial charge in [-0.1, -0.05) is 5.16 Å². The van der Waals surface area contributed by atoms with Gasteiger partial charge < -0.3 is 20.3 Å². The number of carbonyl (C=O) groups is 2. The molecule has 1 rings (SSSR count). The highest BCUT2D eigenvalue weighted by Crippen LogP contribution is 2.04. The molecule has 0 aliphatic heterocycles. The average molecular weight is 199 g/mol. The summed E-state index contributed by atoms with van der Waals surface area (Å²) in [4.78, 5) is 21.2. The summed E-state index contributed by atoms with van der Waals surface area (Å²) in [5, 5.41) is 5.81. The molecule has 0 aliphatic carbocycles. The molecule has 0 bridgehead atoms. The van der Waals surface area contributed by atoms with E-state index in [-0.39, 0.29) is 24.0 Å². The van der Waals surface area contributed by atoms with E-state index >= 15 is 0 Å². The summed E-state index contributed by atoms with van der Waals surface area (Å²) < 4.78 is 9.12. The number of amides is 2. The van der Waals surface area contributed by atoms with Crippen molar-refractivity contribution in [2.24, 2.45) is 5.73 Å². The lowest BCUT2D eigenvalue weighted by Gasteiger charge is -1.94. The van der Waals surface area contributed by atoms with Crippen LogP contribution in [-0.4, -0.2) is 24.2 Å². The number of carbonyl (C=O) groups excluding carboxylic acids is 2. The summed E-state index contributed by atoms with van der Waals surface area (Å²) in [6.45, 7) is -0.140. The molecule has 7 heteroatoms. The Labute approximate surface area is 79.2 Å². The molecular weight excluding hydrogens is 190 g/mol. The fourth-order valence-corrected chi connectivity index (χ4v) is 0.758. The van der Waals surface area contributed by atoms with Crippen LogP contribution in [0.1, 0.15) is 16.2 Å². The summed E-state index contributed by atoms with van der Waals surface area (Å²) >= 11 is 0. The molecule has 0 unspecified atom stereocenters. The van der Waals surface area contributed by atoms with Gasteiger partial charge in [0.15, 0.2) is 18.1 Å². The van der Waals surface area contributed by atoms with Crippen LogP contribution < -0.4 is 11.1 Å². The van der Waals surface area contributed by atoms with Crippen LogP contribution >= 0.6 is 0 Å². The number of hydrogen-bond acceptors (Lipinski definition) is 5. The number of ether oxygens (including phenoxy) is 1. The molecule has 1 heterocycles. The van der Waals surface area contributed by atoms with Gasteiger partial charge in [0.1, 0.15) is 0 Å². The van der Waals surface area contributed by atoms with Gasteiger partial charge in [-0.25, -0.2) is 4.79 Å². The van der Waals surface area contributed by atoms with Gasteiger partial charge in [-0.05, 0) is 0 Å². The van der Waals surface area contributed by atoms with Gasteiger partial charge in [-0.2, -0.15) is 0 Å². The lowest BCUT2D eigenvalue weighted by atomic mass is 10.3. The van der Waals surface area contributed by atoms with Crippen molar-refractivity contribution >= 4 is 12.0 Å². The van der Waals surface area contributed by atoms with Crippen LogP contribution in [0.3, 0.4) is 0 Å². The summed E-state index contributed by atoms with van der Waals surface area (Å²) in [6, 6.07) is 1.36. The normalized spacial score (nSPS) is 9.50. The predicted molar refractivity (Wildman–Crippen MR) is 44.3 cm³/mol. The average Bonchev–Trinajstić information content (AvgIpc) is 2.62. The number of nitrogens with one attached hydrogen (secondary N) is 1. The van der Waals surface area contributed by atoms with E-state index in [1.165, 1.54) is 13.1 Å². The Morgan fingerprint density at radius 1 is 1.71 bits per heavy atom. The Kier molecular flexibility index (Phi) is 3.05. The third-order valence-electron chi connectivity index (χ3n) is 1.38. The Hall–Kier alpha value is -2.05. The minimum Gasteiger partial charge on any atom is -0.441 e. The molecular formula is C7H9N3O4. The van der Waals surface area contributed by atoms with E-state index < -0.39 is 6.09 Å². The monoisotopic (exact) mass is 199 g/mol. The zero-order valence-electron chi connectivity index (χ0n) is 7.44. The molecule has 1 aromatic heterocycles. The molecule has 0 atom stereocenters. The molecule has 76 valence electrons. The van der Waals surface area contributed by atoms with Crippen LogP contribution in [0.2, 0.25) is 0 Å². The fraction of sp³-hybridized carbons (Fsp3) is 0.286. The number of nitrogens with zero attached hydrogens (tertiary/aromatic N) is 1. The quantitative estimate of drug-likeness (QED) is 0.690. The van der Waals surface area contributed by atoms with Crippen molar-refractivity contribution in [1.82, 2.24) is 10.5 Å². The maximum Gasteiger partial charge on any atom is 0.404 e. The molecule has 0 aliphatic rings. The number of primary amides is 1. The fourth-order valence-electron chi connectivity index (χ4n) is 0.758. The topological polar surface area (TPSA) is 107 Å². The van der Waals surface area contributed by atoms with Crippen LogP contribution in [0.15, 0.2) is 10.6 Å². The second kappa shape index (κ2) is 4.26. The molecule has 0 saturated heterocycles. The van der Waals surface area contributed by atoms with Gasteiger partial charge in [0.25, 0.3) is 5.91 Å². The van der Waals surface area contributed by atoms with E-state index in [1.807, 2.05) is 0 Å². The lowest BCUT2D eigenvalue weighted by molar-refractivity contribution is 0.0953. The zero-order valence-corrected chi connectivity index (χ0v) is 7.44. The molecule has 0 saturated carbocycles. The number of nitrogens with two attached hydrogens (primary N) is 1. The SMILES string of the molecule is CNC(=O)c1cc(COC(N)=O)on1. The van der Waals surface area contributed by atoms with Crippen molar-refractivity contribution in [3.05, 3.63) is 17.5 Å². The molecule has 0 radical (unpaired) electrons. The smallest absolute Gasteiger partial charge is 0.404 e. The highest BCUT2D eigenvalue weighted by atomic mass is 16.6. The van der Waals surface area contributed by atoms with Crippen LogP contribution in [0.5, 0.6) is 0 Å². The summed E-state index contributed by atoms with van der Waals surface area (Å²) in [5.74, 6) is -0.124. The zero-order chi connectivity index (χ0) is 10.6. The van der Waals surface area contributed by atoms with Crippen LogP contribution in [0.25, 0.3) is 0 Å². The van der Waals surface area contributed by atoms with Crippen molar-refractivity contribution in [3.8, 4) is 0 Å². The lowest BCUT2D eigenvalue weighted by Crippen LogP contribution is -2.17. The number of hydrogen-bond donors (Lipinski definition) is 2. The van der Waals surface area contributed by atoms with Crippen LogP contribution in [0.4, 0.5) is 4.79 Å². The van der Waals surface area contributed by atoms with E-state index in [1.54, 1.807) is 0 Å². The first-order valence-electron chi connectivity index (χ1n) is 3.73. The van der Waals surface area contributed by atoms with E-state index in [9.17, 15) is 9.59 Å². The first-order chi connectivity index (χ1) is 6.63. The molecule has 3 N–H and O–H groups in total. The second-order valence-electron chi connectivity index (χ2n) is 2.37. The summed E-state index contributed by atoms with van der Waals surface area (Å²) in [7, 11) is 1.47. The Morgan fingerprint density at radius 2 is 2.43 bits per heavy atom. The minimum absolute atomic E-state index is 0.121. The predicted octanol–water partition coefficient (Wildman–Crippen LogP) is -0.370. The second-order valence-corrected chi connectivity index (χ2v) is 2.37. The molecule has 14 heavy (non-hydrogen) atoms. The van der Waals surface area contributed by atoms with E-state index in [4.69, 9.17) is 10.3 Å². The molecule has 0 aromatic carbocycles. The number of aromatic nitrogens is 1. The maximum absolute atomic E-state index is 11.0. The maximum atomic E-state index is 11.0. The van der Waals surface area contributed by atoms with Gasteiger partial charge in [0.05, 0.1) is 0 Å². The van der Waals surface area contributed by atoms with Crippen LogP contribution in [0, 0.1) is 0 Å². The van der Waals surface area contributed by atoms with Gasteiger partial charge in [0.2, 0.25) is 0 Å². The minimum atomic E-state index is -0.914. The Bertz CT molecular complexity index is 346. The first kappa shape index (κ1) is 10.0. The molecule has 0 spiro atoms. The standard InChI is InChI=1S/C7H9N3O4/c1-9-6(11)5-2-4(14-10-5)3-13-7(8)12/h2H,3H2,1H3,(H2,8,12)(H,9,11). The van der Waals surface area contributed by atoms with Gasteiger partial charge in [-0.15, -0.1) is 0 Å². The van der Waals surface area contributed by atoms with Crippen molar-refractivity contribution in [3.63, 3.8) is 0 Å². The van der Waals surface area contributed by atoms with Crippen molar-refractivity contribution < 1.29 is 18.8 Å². The largest absolute Gasteiger partial charge is 0.441 e. The Morgan fingerprint density at radius 3 is 3.00 bits per heavy atom. The van der Waals surface area contributed by atoms with Crippen LogP contribution in [-0.2, 0) is 11.3 Å². The number of rotatable bonds is 3. The van der Waals surface area contributed by atoms with E-state index in [2.05, 4.69) is 15.2 Å². The van der Waals surface area contributed by atoms with Gasteiger partial charge in [-0.3, -0.25) is 4.79 Å². The summed E-state index contributed by atoms with van der Waals surface area (Å²) in [5.41, 5.74) is 4.85. The van der Waals surface area contributed by atoms with Crippen molar-refractivity contribution in [2.45, 2.75) is 6.61 Å². The van der Waals surface area contributed by atoms with E-state index in [0.29, 0.717) is 0 Å². The third kappa shape index (κ3) is 2.47. The highest BCUT2D eigenvalue weighted by molar-refractivity contribution is 5.91. The Balaban J connectivity index is 2.59. The van der Waals surface area contributed by atoms with Gasteiger partial charge >= 0.3 is 6.09 Å². The molecule has 1 aromatic rings. The summed E-state index contributed by atoms with van der Waals surface area (Å²) in [6.07, 6.45) is -0.914. The third-order valence-corrected chi connectivity index (χ3v) is 1.38. The molecule has 7 nitrogen and oxygen atoms in total. The first-order valence-corrected chi connectivity index (χ1v) is 3.73. The van der Waals surface area contributed by atoms with Crippen molar-refractivity contribution in [2.75, 3.05) is 7.05 Å².